The Bertz CT molecular complexity index is 693. The molecule has 2 amide bonds. The lowest BCUT2D eigenvalue weighted by Crippen LogP contribution is -2.47. The molecule has 0 unspecified atom stereocenters. The molecule has 0 aliphatic carbocycles. The number of nitrogens with one attached hydrogen (secondary N) is 2. The van der Waals surface area contributed by atoms with Crippen LogP contribution in [-0.4, -0.2) is 45.8 Å². The van der Waals surface area contributed by atoms with Crippen LogP contribution in [0.2, 0.25) is 0 Å². The quantitative estimate of drug-likeness (QED) is 0.871. The maximum atomic E-state index is 12.5. The number of hydrogen-bond donors (Lipinski definition) is 2. The molecule has 0 fully saturated rings. The van der Waals surface area contributed by atoms with E-state index >= 15 is 0 Å². The normalized spacial score (nSPS) is 12.0. The molecule has 0 saturated heterocycles. The molecule has 134 valence electrons. The molecule has 1 aromatic rings. The molecule has 0 aliphatic heterocycles. The van der Waals surface area contributed by atoms with Crippen LogP contribution >= 0.6 is 0 Å². The molecule has 0 spiro atoms. The second-order valence-corrected chi connectivity index (χ2v) is 8.08. The SMILES string of the molecule is Cc1nc(C(C)(C)C)[nH]c(=O)c1C(=O)N(C)CC(=O)NC(C)(C)C. The van der Waals surface area contributed by atoms with Gasteiger partial charge in [-0.1, -0.05) is 20.8 Å². The summed E-state index contributed by atoms with van der Waals surface area (Å²) in [7, 11) is 1.49. The Balaban J connectivity index is 3.04. The summed E-state index contributed by atoms with van der Waals surface area (Å²) in [6, 6.07) is 0. The minimum absolute atomic E-state index is 0.0333. The van der Waals surface area contributed by atoms with Crippen molar-refractivity contribution in [2.24, 2.45) is 0 Å². The molecule has 7 nitrogen and oxygen atoms in total. The van der Waals surface area contributed by atoms with Crippen LogP contribution in [0.4, 0.5) is 0 Å². The van der Waals surface area contributed by atoms with Crippen LogP contribution in [0.25, 0.3) is 0 Å². The standard InChI is InChI=1S/C17H28N4O3/c1-10-12(13(23)19-15(18-10)16(2,3)4)14(24)21(8)9-11(22)20-17(5,6)7/h9H2,1-8H3,(H,20,22)(H,18,19,23). The van der Waals surface area contributed by atoms with Crippen molar-refractivity contribution in [2.45, 2.75) is 59.4 Å². The Labute approximate surface area is 142 Å². The first-order valence-corrected chi connectivity index (χ1v) is 7.90. The zero-order chi connectivity index (χ0) is 18.9. The van der Waals surface area contributed by atoms with E-state index in [0.29, 0.717) is 11.5 Å². The van der Waals surface area contributed by atoms with Gasteiger partial charge in [-0.15, -0.1) is 0 Å². The summed E-state index contributed by atoms with van der Waals surface area (Å²) >= 11 is 0. The third kappa shape index (κ3) is 5.18. The largest absolute Gasteiger partial charge is 0.350 e. The first kappa shape index (κ1) is 19.9. The fourth-order valence-corrected chi connectivity index (χ4v) is 2.13. The molecule has 1 aromatic heterocycles. The highest BCUT2D eigenvalue weighted by molar-refractivity contribution is 5.96. The second kappa shape index (κ2) is 6.75. The summed E-state index contributed by atoms with van der Waals surface area (Å²) in [6.45, 7) is 12.8. The number of H-pyrrole nitrogens is 1. The first-order chi connectivity index (χ1) is 10.7. The molecule has 0 bridgehead atoms. The van der Waals surface area contributed by atoms with Crippen molar-refractivity contribution < 1.29 is 9.59 Å². The Morgan fingerprint density at radius 3 is 2.12 bits per heavy atom. The van der Waals surface area contributed by atoms with Gasteiger partial charge >= 0.3 is 0 Å². The second-order valence-electron chi connectivity index (χ2n) is 8.08. The minimum atomic E-state index is -0.522. The van der Waals surface area contributed by atoms with Crippen LogP contribution in [0.1, 0.15) is 63.4 Å². The van der Waals surface area contributed by atoms with Crippen molar-refractivity contribution in [1.29, 1.82) is 0 Å². The zero-order valence-corrected chi connectivity index (χ0v) is 15.8. The van der Waals surface area contributed by atoms with Crippen LogP contribution < -0.4 is 10.9 Å². The van der Waals surface area contributed by atoms with Crippen molar-refractivity contribution in [3.8, 4) is 0 Å². The highest BCUT2D eigenvalue weighted by atomic mass is 16.2. The van der Waals surface area contributed by atoms with Gasteiger partial charge in [0.2, 0.25) is 5.91 Å². The smallest absolute Gasteiger partial charge is 0.264 e. The minimum Gasteiger partial charge on any atom is -0.350 e. The number of aromatic nitrogens is 2. The lowest BCUT2D eigenvalue weighted by atomic mass is 9.95. The Hall–Kier alpha value is -2.18. The van der Waals surface area contributed by atoms with Crippen molar-refractivity contribution in [3.63, 3.8) is 0 Å². The summed E-state index contributed by atoms with van der Waals surface area (Å²) in [5, 5.41) is 2.78. The molecule has 0 atom stereocenters. The summed E-state index contributed by atoms with van der Waals surface area (Å²) < 4.78 is 0. The molecule has 0 aliphatic rings. The molecular formula is C17H28N4O3. The number of nitrogens with zero attached hydrogens (tertiary/aromatic N) is 2. The maximum Gasteiger partial charge on any atom is 0.264 e. The highest BCUT2D eigenvalue weighted by Crippen LogP contribution is 2.17. The molecule has 24 heavy (non-hydrogen) atoms. The first-order valence-electron chi connectivity index (χ1n) is 7.90. The van der Waals surface area contributed by atoms with E-state index in [-0.39, 0.29) is 29.0 Å². The average Bonchev–Trinajstić information content (AvgIpc) is 2.33. The van der Waals surface area contributed by atoms with Crippen molar-refractivity contribution in [2.75, 3.05) is 13.6 Å². The fourth-order valence-electron chi connectivity index (χ4n) is 2.13. The zero-order valence-electron chi connectivity index (χ0n) is 15.8. The number of aryl methyl sites for hydroxylation is 1. The molecule has 2 N–H and O–H groups in total. The van der Waals surface area contributed by atoms with Crippen LogP contribution in [0, 0.1) is 6.92 Å². The van der Waals surface area contributed by atoms with E-state index in [1.165, 1.54) is 11.9 Å². The predicted molar refractivity (Wildman–Crippen MR) is 93.2 cm³/mol. The number of amides is 2. The van der Waals surface area contributed by atoms with Crippen LogP contribution in [-0.2, 0) is 10.2 Å². The van der Waals surface area contributed by atoms with E-state index in [0.717, 1.165) is 0 Å². The van der Waals surface area contributed by atoms with E-state index < -0.39 is 11.5 Å². The Kier molecular flexibility index (Phi) is 5.58. The van der Waals surface area contributed by atoms with Gasteiger partial charge in [-0.2, -0.15) is 0 Å². The number of rotatable bonds is 3. The fraction of sp³-hybridized carbons (Fsp3) is 0.647. The molecule has 0 saturated carbocycles. The molecule has 7 heteroatoms. The summed E-state index contributed by atoms with van der Waals surface area (Å²) in [6.07, 6.45) is 0. The van der Waals surface area contributed by atoms with Gasteiger partial charge in [0.05, 0.1) is 12.2 Å². The Morgan fingerprint density at radius 2 is 1.71 bits per heavy atom. The van der Waals surface area contributed by atoms with E-state index in [1.807, 2.05) is 41.5 Å². The van der Waals surface area contributed by atoms with Gasteiger partial charge < -0.3 is 15.2 Å². The van der Waals surface area contributed by atoms with Gasteiger partial charge in [0.25, 0.3) is 11.5 Å². The predicted octanol–water partition coefficient (Wildman–Crippen LogP) is 1.36. The summed E-state index contributed by atoms with van der Waals surface area (Å²) in [5.74, 6) is -0.285. The third-order valence-electron chi connectivity index (χ3n) is 3.27. The molecule has 0 radical (unpaired) electrons. The highest BCUT2D eigenvalue weighted by Gasteiger charge is 2.25. The van der Waals surface area contributed by atoms with E-state index in [4.69, 9.17) is 0 Å². The van der Waals surface area contributed by atoms with Gasteiger partial charge in [0.15, 0.2) is 0 Å². The lowest BCUT2D eigenvalue weighted by Gasteiger charge is -2.24. The summed E-state index contributed by atoms with van der Waals surface area (Å²) in [4.78, 5) is 45.0. The van der Waals surface area contributed by atoms with E-state index in [1.54, 1.807) is 6.92 Å². The molecule has 1 heterocycles. The van der Waals surface area contributed by atoms with Gasteiger partial charge in [0, 0.05) is 18.0 Å². The topological polar surface area (TPSA) is 95.2 Å². The van der Waals surface area contributed by atoms with Crippen molar-refractivity contribution in [3.05, 3.63) is 27.4 Å². The van der Waals surface area contributed by atoms with Gasteiger partial charge in [-0.25, -0.2) is 4.98 Å². The number of carbonyl (C=O) groups is 2. The van der Waals surface area contributed by atoms with E-state index in [9.17, 15) is 14.4 Å². The van der Waals surface area contributed by atoms with Crippen LogP contribution in [0.5, 0.6) is 0 Å². The molecular weight excluding hydrogens is 308 g/mol. The van der Waals surface area contributed by atoms with Gasteiger partial charge in [-0.3, -0.25) is 14.4 Å². The Morgan fingerprint density at radius 1 is 1.17 bits per heavy atom. The van der Waals surface area contributed by atoms with Crippen molar-refractivity contribution in [1.82, 2.24) is 20.2 Å². The number of hydrogen-bond acceptors (Lipinski definition) is 4. The molecule has 1 rings (SSSR count). The number of aromatic amines is 1. The van der Waals surface area contributed by atoms with Gasteiger partial charge in [-0.05, 0) is 27.7 Å². The maximum absolute atomic E-state index is 12.5. The summed E-state index contributed by atoms with van der Waals surface area (Å²) in [5.41, 5.74) is -0.875. The molecule has 0 aromatic carbocycles. The number of carbonyl (C=O) groups excluding carboxylic acids is 2. The lowest BCUT2D eigenvalue weighted by molar-refractivity contribution is -0.122. The third-order valence-corrected chi connectivity index (χ3v) is 3.27. The van der Waals surface area contributed by atoms with Crippen LogP contribution in [0.3, 0.4) is 0 Å². The van der Waals surface area contributed by atoms with Crippen molar-refractivity contribution >= 4 is 11.8 Å². The van der Waals surface area contributed by atoms with E-state index in [2.05, 4.69) is 15.3 Å². The average molecular weight is 336 g/mol. The van der Waals surface area contributed by atoms with Crippen LogP contribution in [0.15, 0.2) is 4.79 Å². The number of likely N-dealkylation sites (N-methyl/N-ethyl adjacent to an activating group) is 1. The van der Waals surface area contributed by atoms with Gasteiger partial charge in [0.1, 0.15) is 11.4 Å². The monoisotopic (exact) mass is 336 g/mol.